The molecule has 3 nitrogen and oxygen atoms in total. The fraction of sp³-hybridized carbons (Fsp3) is 0.750. The van der Waals surface area contributed by atoms with E-state index in [4.69, 9.17) is 4.42 Å². The van der Waals surface area contributed by atoms with Crippen LogP contribution >= 0.6 is 0 Å². The molecule has 0 saturated carbocycles. The van der Waals surface area contributed by atoms with Gasteiger partial charge in [-0.15, -0.1) is 0 Å². The largest absolute Gasteiger partial charge is 0.451 e. The van der Waals surface area contributed by atoms with E-state index in [1.165, 1.54) is 0 Å². The summed E-state index contributed by atoms with van der Waals surface area (Å²) in [7, 11) is 0. The van der Waals surface area contributed by atoms with Gasteiger partial charge in [-0.2, -0.15) is 13.2 Å². The van der Waals surface area contributed by atoms with Crippen LogP contribution in [0.15, 0.2) is 4.42 Å². The number of oxazole rings is 1. The van der Waals surface area contributed by atoms with Crippen LogP contribution in [-0.4, -0.2) is 18.1 Å². The van der Waals surface area contributed by atoms with Crippen LogP contribution in [-0.2, 0) is 6.18 Å². The molecular weight excluding hydrogens is 245 g/mol. The number of aromatic nitrogens is 1. The summed E-state index contributed by atoms with van der Waals surface area (Å²) in [6.07, 6.45) is -2.71. The smallest absolute Gasteiger partial charge is 0.435 e. The minimum absolute atomic E-state index is 0.0167. The molecule has 1 aromatic rings. The van der Waals surface area contributed by atoms with Crippen molar-refractivity contribution < 1.29 is 17.6 Å². The SMILES string of the molecule is CC(C)c1nc(C2CCCNC2)oc1C(F)(F)F. The molecule has 1 unspecified atom stereocenters. The highest BCUT2D eigenvalue weighted by atomic mass is 19.4. The third-order valence-corrected chi connectivity index (χ3v) is 3.12. The Balaban J connectivity index is 2.32. The maximum atomic E-state index is 12.8. The van der Waals surface area contributed by atoms with E-state index in [1.807, 2.05) is 0 Å². The Bertz CT molecular complexity index is 406. The summed E-state index contributed by atoms with van der Waals surface area (Å²) in [4.78, 5) is 4.07. The number of halogens is 3. The van der Waals surface area contributed by atoms with E-state index in [1.54, 1.807) is 13.8 Å². The first-order chi connectivity index (χ1) is 8.39. The maximum absolute atomic E-state index is 12.8. The van der Waals surface area contributed by atoms with Crippen LogP contribution in [0.3, 0.4) is 0 Å². The van der Waals surface area contributed by atoms with E-state index in [0.29, 0.717) is 6.54 Å². The molecule has 1 N–H and O–H groups in total. The van der Waals surface area contributed by atoms with Crippen LogP contribution in [0.5, 0.6) is 0 Å². The second kappa shape index (κ2) is 4.91. The van der Waals surface area contributed by atoms with Gasteiger partial charge in [0.05, 0.1) is 5.69 Å². The minimum Gasteiger partial charge on any atom is -0.435 e. The fourth-order valence-electron chi connectivity index (χ4n) is 2.18. The van der Waals surface area contributed by atoms with Crippen LogP contribution in [0.4, 0.5) is 13.2 Å². The molecule has 0 amide bonds. The van der Waals surface area contributed by atoms with Gasteiger partial charge < -0.3 is 9.73 Å². The average molecular weight is 262 g/mol. The predicted molar refractivity (Wildman–Crippen MR) is 60.4 cm³/mol. The second-order valence-electron chi connectivity index (χ2n) is 4.96. The summed E-state index contributed by atoms with van der Waals surface area (Å²) in [5, 5.41) is 3.15. The van der Waals surface area contributed by atoms with Crippen molar-refractivity contribution >= 4 is 0 Å². The molecule has 1 aliphatic heterocycles. The summed E-state index contributed by atoms with van der Waals surface area (Å²) in [5.74, 6) is -1.06. The molecule has 102 valence electrons. The molecule has 0 radical (unpaired) electrons. The Hall–Kier alpha value is -1.04. The number of hydrogen-bond donors (Lipinski definition) is 1. The van der Waals surface area contributed by atoms with Crippen molar-refractivity contribution in [1.82, 2.24) is 10.3 Å². The number of hydrogen-bond acceptors (Lipinski definition) is 3. The van der Waals surface area contributed by atoms with Gasteiger partial charge in [0.15, 0.2) is 5.89 Å². The number of alkyl halides is 3. The minimum atomic E-state index is -4.47. The van der Waals surface area contributed by atoms with E-state index in [9.17, 15) is 13.2 Å². The zero-order chi connectivity index (χ0) is 13.3. The van der Waals surface area contributed by atoms with Crippen molar-refractivity contribution in [1.29, 1.82) is 0 Å². The first kappa shape index (κ1) is 13.4. The molecule has 0 bridgehead atoms. The molecule has 6 heteroatoms. The molecule has 0 aromatic carbocycles. The lowest BCUT2D eigenvalue weighted by Gasteiger charge is -2.19. The van der Waals surface area contributed by atoms with Crippen LogP contribution in [0.2, 0.25) is 0 Å². The molecule has 2 heterocycles. The van der Waals surface area contributed by atoms with Crippen LogP contribution in [0.25, 0.3) is 0 Å². The topological polar surface area (TPSA) is 38.1 Å². The number of piperidine rings is 1. The van der Waals surface area contributed by atoms with E-state index in [2.05, 4.69) is 10.3 Å². The van der Waals surface area contributed by atoms with E-state index < -0.39 is 11.9 Å². The summed E-state index contributed by atoms with van der Waals surface area (Å²) in [6, 6.07) is 0. The number of nitrogens with one attached hydrogen (secondary N) is 1. The zero-order valence-corrected chi connectivity index (χ0v) is 10.5. The molecule has 2 rings (SSSR count). The van der Waals surface area contributed by atoms with E-state index in [-0.39, 0.29) is 23.4 Å². The Kier molecular flexibility index (Phi) is 3.66. The fourth-order valence-corrected chi connectivity index (χ4v) is 2.18. The van der Waals surface area contributed by atoms with Crippen LogP contribution in [0, 0.1) is 0 Å². The Morgan fingerprint density at radius 3 is 2.56 bits per heavy atom. The van der Waals surface area contributed by atoms with Gasteiger partial charge >= 0.3 is 6.18 Å². The second-order valence-corrected chi connectivity index (χ2v) is 4.96. The Labute approximate surface area is 104 Å². The quantitative estimate of drug-likeness (QED) is 0.888. The lowest BCUT2D eigenvalue weighted by molar-refractivity contribution is -0.154. The van der Waals surface area contributed by atoms with Crippen molar-refractivity contribution in [2.75, 3.05) is 13.1 Å². The Morgan fingerprint density at radius 2 is 2.11 bits per heavy atom. The molecule has 1 atom stereocenters. The highest BCUT2D eigenvalue weighted by Gasteiger charge is 2.41. The van der Waals surface area contributed by atoms with Gasteiger partial charge in [0, 0.05) is 12.5 Å². The molecular formula is C12H17F3N2O. The van der Waals surface area contributed by atoms with Gasteiger partial charge in [-0.05, 0) is 25.3 Å². The standard InChI is InChI=1S/C12H17F3N2O/c1-7(2)9-10(12(13,14)15)18-11(17-9)8-4-3-5-16-6-8/h7-8,16H,3-6H2,1-2H3. The third kappa shape index (κ3) is 2.68. The van der Waals surface area contributed by atoms with Crippen molar-refractivity contribution in [3.8, 4) is 0 Å². The molecule has 1 aromatic heterocycles. The van der Waals surface area contributed by atoms with Crippen molar-refractivity contribution in [2.24, 2.45) is 0 Å². The summed E-state index contributed by atoms with van der Waals surface area (Å²) < 4.78 is 43.5. The van der Waals surface area contributed by atoms with Crippen LogP contribution < -0.4 is 5.32 Å². The number of nitrogens with zero attached hydrogens (tertiary/aromatic N) is 1. The van der Waals surface area contributed by atoms with Crippen molar-refractivity contribution in [3.05, 3.63) is 17.3 Å². The van der Waals surface area contributed by atoms with Crippen molar-refractivity contribution in [3.63, 3.8) is 0 Å². The average Bonchev–Trinajstić information content (AvgIpc) is 2.74. The normalized spacial score (nSPS) is 21.6. The monoisotopic (exact) mass is 262 g/mol. The summed E-state index contributed by atoms with van der Waals surface area (Å²) in [5.41, 5.74) is 0.0167. The molecule has 0 aliphatic carbocycles. The molecule has 18 heavy (non-hydrogen) atoms. The summed E-state index contributed by atoms with van der Waals surface area (Å²) in [6.45, 7) is 4.92. The van der Waals surface area contributed by atoms with Crippen LogP contribution in [0.1, 0.15) is 55.9 Å². The summed E-state index contributed by atoms with van der Waals surface area (Å²) >= 11 is 0. The lowest BCUT2D eigenvalue weighted by atomic mass is 10.00. The predicted octanol–water partition coefficient (Wildman–Crippen LogP) is 3.28. The van der Waals surface area contributed by atoms with E-state index >= 15 is 0 Å². The third-order valence-electron chi connectivity index (χ3n) is 3.12. The first-order valence-electron chi connectivity index (χ1n) is 6.18. The van der Waals surface area contributed by atoms with Gasteiger partial charge in [-0.25, -0.2) is 4.98 Å². The molecule has 1 saturated heterocycles. The van der Waals surface area contributed by atoms with E-state index in [0.717, 1.165) is 19.4 Å². The lowest BCUT2D eigenvalue weighted by Crippen LogP contribution is -2.28. The maximum Gasteiger partial charge on any atom is 0.451 e. The van der Waals surface area contributed by atoms with Crippen molar-refractivity contribution in [2.45, 2.75) is 44.7 Å². The zero-order valence-electron chi connectivity index (χ0n) is 10.5. The number of rotatable bonds is 2. The van der Waals surface area contributed by atoms with Gasteiger partial charge in [0.25, 0.3) is 0 Å². The highest BCUT2D eigenvalue weighted by molar-refractivity contribution is 5.18. The molecule has 1 fully saturated rings. The molecule has 0 spiro atoms. The van der Waals surface area contributed by atoms with Gasteiger partial charge in [0.1, 0.15) is 0 Å². The van der Waals surface area contributed by atoms with Gasteiger partial charge in [0.2, 0.25) is 5.76 Å². The van der Waals surface area contributed by atoms with Gasteiger partial charge in [-0.1, -0.05) is 13.8 Å². The molecule has 1 aliphatic rings. The highest BCUT2D eigenvalue weighted by Crippen LogP contribution is 2.37. The Morgan fingerprint density at radius 1 is 1.39 bits per heavy atom. The van der Waals surface area contributed by atoms with Gasteiger partial charge in [-0.3, -0.25) is 0 Å². The first-order valence-corrected chi connectivity index (χ1v) is 6.18.